The fraction of sp³-hybridized carbons (Fsp3) is 0.286. The van der Waals surface area contributed by atoms with Crippen molar-refractivity contribution >= 4 is 0 Å². The average molecular weight is 139 g/mol. The Hall–Kier alpha value is -0.800. The maximum atomic E-state index is 8.79. The van der Waals surface area contributed by atoms with Crippen LogP contribution < -0.4 is 10.6 Å². The minimum Gasteiger partial charge on any atom is -0.392 e. The van der Waals surface area contributed by atoms with E-state index in [0.717, 1.165) is 11.7 Å². The summed E-state index contributed by atoms with van der Waals surface area (Å²) in [6, 6.07) is 0. The van der Waals surface area contributed by atoms with Crippen molar-refractivity contribution < 1.29 is 5.11 Å². The van der Waals surface area contributed by atoms with Crippen LogP contribution in [0.4, 0.5) is 0 Å². The molecule has 0 atom stereocenters. The molecule has 0 amide bonds. The zero-order valence-electron chi connectivity index (χ0n) is 5.89. The van der Waals surface area contributed by atoms with Gasteiger partial charge >= 0.3 is 0 Å². The van der Waals surface area contributed by atoms with Crippen LogP contribution in [-0.4, -0.2) is 18.8 Å². The number of hydrogen-bond acceptors (Lipinski definition) is 3. The Kier molecular flexibility index (Phi) is 2.48. The summed E-state index contributed by atoms with van der Waals surface area (Å²) in [6.45, 7) is 0.0630. The first-order valence-electron chi connectivity index (χ1n) is 3.16. The normalized spacial score (nSPS) is 18.4. The van der Waals surface area contributed by atoms with Gasteiger partial charge in [-0.25, -0.2) is 0 Å². The second-order valence-electron chi connectivity index (χ2n) is 1.98. The Balaban J connectivity index is 2.61. The van der Waals surface area contributed by atoms with Gasteiger partial charge in [0.05, 0.1) is 6.61 Å². The zero-order valence-corrected chi connectivity index (χ0v) is 5.89. The summed E-state index contributed by atoms with van der Waals surface area (Å²) in [4.78, 5) is 0. The van der Waals surface area contributed by atoms with Gasteiger partial charge in [0.15, 0.2) is 6.17 Å². The van der Waals surface area contributed by atoms with Crippen LogP contribution in [-0.2, 0) is 0 Å². The largest absolute Gasteiger partial charge is 0.392 e. The highest BCUT2D eigenvalue weighted by Crippen LogP contribution is 2.08. The van der Waals surface area contributed by atoms with Crippen LogP contribution in [0.25, 0.3) is 0 Å². The average Bonchev–Trinajstić information content (AvgIpc) is 2.04. The zero-order chi connectivity index (χ0) is 7.40. The highest BCUT2D eigenvalue weighted by atomic mass is 16.3. The predicted molar refractivity (Wildman–Crippen MR) is 39.7 cm³/mol. The summed E-state index contributed by atoms with van der Waals surface area (Å²) < 4.78 is 0. The Morgan fingerprint density at radius 2 is 2.50 bits per heavy atom. The Morgan fingerprint density at radius 3 is 3.00 bits per heavy atom. The minimum atomic E-state index is 0.0630. The van der Waals surface area contributed by atoms with E-state index in [-0.39, 0.29) is 6.61 Å². The quantitative estimate of drug-likeness (QED) is 0.493. The van der Waals surface area contributed by atoms with E-state index in [0.29, 0.717) is 0 Å². The number of allylic oxidation sites excluding steroid dienone is 2. The van der Waals surface area contributed by atoms with Crippen molar-refractivity contribution in [2.75, 3.05) is 13.7 Å². The molecule has 0 unspecified atom stereocenters. The third-order valence-electron chi connectivity index (χ3n) is 1.36. The van der Waals surface area contributed by atoms with Gasteiger partial charge in [0.25, 0.3) is 0 Å². The van der Waals surface area contributed by atoms with Crippen LogP contribution in [0.5, 0.6) is 0 Å². The molecule has 0 aromatic heterocycles. The second kappa shape index (κ2) is 3.39. The summed E-state index contributed by atoms with van der Waals surface area (Å²) in [5.74, 6) is 0. The standard InChI is InChI=1S/C7H11N2O/c1-8-7-6(5-10)3-2-4-9-7/h2-4,8-10H,5H2,1H3. The highest BCUT2D eigenvalue weighted by molar-refractivity contribution is 5.30. The van der Waals surface area contributed by atoms with Gasteiger partial charge in [-0.15, -0.1) is 0 Å². The van der Waals surface area contributed by atoms with Gasteiger partial charge in [-0.1, -0.05) is 6.08 Å². The first-order chi connectivity index (χ1) is 4.88. The van der Waals surface area contributed by atoms with Crippen molar-refractivity contribution in [1.82, 2.24) is 10.6 Å². The van der Waals surface area contributed by atoms with Crippen LogP contribution in [0.3, 0.4) is 0 Å². The van der Waals surface area contributed by atoms with E-state index in [1.165, 1.54) is 0 Å². The van der Waals surface area contributed by atoms with E-state index in [1.807, 2.05) is 25.4 Å². The molecule has 1 heterocycles. The number of aliphatic hydroxyl groups excluding tert-OH is 1. The van der Waals surface area contributed by atoms with Crippen molar-refractivity contribution in [2.45, 2.75) is 0 Å². The number of aliphatic hydroxyl groups is 1. The van der Waals surface area contributed by atoms with Gasteiger partial charge in [-0.3, -0.25) is 5.32 Å². The van der Waals surface area contributed by atoms with Crippen LogP contribution in [0.1, 0.15) is 0 Å². The Morgan fingerprint density at radius 1 is 1.70 bits per heavy atom. The SMILES string of the molecule is CN[C]1NC=CC=C1CO. The van der Waals surface area contributed by atoms with Crippen LogP contribution in [0.15, 0.2) is 23.9 Å². The van der Waals surface area contributed by atoms with Crippen molar-refractivity contribution in [3.8, 4) is 0 Å². The maximum absolute atomic E-state index is 8.79. The van der Waals surface area contributed by atoms with Crippen molar-refractivity contribution in [3.63, 3.8) is 0 Å². The molecule has 10 heavy (non-hydrogen) atoms. The fourth-order valence-electron chi connectivity index (χ4n) is 0.836. The number of hydrogen-bond donors (Lipinski definition) is 3. The van der Waals surface area contributed by atoms with Gasteiger partial charge in [-0.05, 0) is 24.9 Å². The topological polar surface area (TPSA) is 44.3 Å². The Labute approximate surface area is 60.4 Å². The number of rotatable bonds is 2. The summed E-state index contributed by atoms with van der Waals surface area (Å²) in [7, 11) is 1.81. The van der Waals surface area contributed by atoms with E-state index >= 15 is 0 Å². The minimum absolute atomic E-state index is 0.0630. The van der Waals surface area contributed by atoms with Gasteiger partial charge < -0.3 is 10.4 Å². The van der Waals surface area contributed by atoms with Gasteiger partial charge in [-0.2, -0.15) is 0 Å². The Bertz CT molecular complexity index is 163. The smallest absolute Gasteiger partial charge is 0.154 e. The third kappa shape index (κ3) is 1.37. The summed E-state index contributed by atoms with van der Waals surface area (Å²) >= 11 is 0. The monoisotopic (exact) mass is 139 g/mol. The third-order valence-corrected chi connectivity index (χ3v) is 1.36. The predicted octanol–water partition coefficient (Wildman–Crippen LogP) is -0.269. The van der Waals surface area contributed by atoms with E-state index in [9.17, 15) is 0 Å². The molecule has 1 rings (SSSR count). The lowest BCUT2D eigenvalue weighted by Crippen LogP contribution is -2.32. The first kappa shape index (κ1) is 7.31. The molecule has 0 fully saturated rings. The lowest BCUT2D eigenvalue weighted by molar-refractivity contribution is 0.325. The lowest BCUT2D eigenvalue weighted by atomic mass is 10.1. The molecule has 0 saturated heterocycles. The highest BCUT2D eigenvalue weighted by Gasteiger charge is 2.11. The van der Waals surface area contributed by atoms with Crippen LogP contribution in [0, 0.1) is 6.17 Å². The summed E-state index contributed by atoms with van der Waals surface area (Å²) in [5.41, 5.74) is 0.880. The summed E-state index contributed by atoms with van der Waals surface area (Å²) in [6.07, 6.45) is 6.39. The second-order valence-corrected chi connectivity index (χ2v) is 1.98. The molecule has 0 saturated carbocycles. The molecular weight excluding hydrogens is 128 g/mol. The molecule has 1 radical (unpaired) electrons. The van der Waals surface area contributed by atoms with Gasteiger partial charge in [0.1, 0.15) is 0 Å². The molecule has 0 spiro atoms. The van der Waals surface area contributed by atoms with E-state index in [4.69, 9.17) is 5.11 Å². The van der Waals surface area contributed by atoms with E-state index in [1.54, 1.807) is 0 Å². The van der Waals surface area contributed by atoms with Crippen molar-refractivity contribution in [1.29, 1.82) is 0 Å². The first-order valence-corrected chi connectivity index (χ1v) is 3.16. The molecule has 0 aromatic rings. The molecule has 3 nitrogen and oxygen atoms in total. The van der Waals surface area contributed by atoms with Gasteiger partial charge in [0, 0.05) is 0 Å². The van der Waals surface area contributed by atoms with E-state index < -0.39 is 0 Å². The number of likely N-dealkylation sites (N-methyl/N-ethyl adjacent to an activating group) is 1. The molecule has 55 valence electrons. The molecule has 3 N–H and O–H groups in total. The van der Waals surface area contributed by atoms with E-state index in [2.05, 4.69) is 10.6 Å². The molecule has 1 aliphatic rings. The van der Waals surface area contributed by atoms with Crippen LogP contribution >= 0.6 is 0 Å². The van der Waals surface area contributed by atoms with Crippen molar-refractivity contribution in [2.24, 2.45) is 0 Å². The maximum Gasteiger partial charge on any atom is 0.154 e. The number of dihydropyridines is 1. The molecular formula is C7H11N2O. The molecule has 3 heteroatoms. The van der Waals surface area contributed by atoms with Gasteiger partial charge in [0.2, 0.25) is 0 Å². The lowest BCUT2D eigenvalue weighted by Gasteiger charge is -2.19. The fourth-order valence-corrected chi connectivity index (χ4v) is 0.836. The molecule has 0 aromatic carbocycles. The number of nitrogens with one attached hydrogen (secondary N) is 2. The summed E-state index contributed by atoms with van der Waals surface area (Å²) in [5, 5.41) is 14.7. The molecule has 0 aliphatic carbocycles. The van der Waals surface area contributed by atoms with Crippen LogP contribution in [0.2, 0.25) is 0 Å². The molecule has 1 aliphatic heterocycles. The van der Waals surface area contributed by atoms with Crippen molar-refractivity contribution in [3.05, 3.63) is 30.1 Å². The molecule has 0 bridgehead atoms.